The van der Waals surface area contributed by atoms with Crippen LogP contribution in [0.25, 0.3) is 0 Å². The molecule has 0 fully saturated rings. The molecule has 21 heavy (non-hydrogen) atoms. The maximum Gasteiger partial charge on any atom is 0.294 e. The fourth-order valence-electron chi connectivity index (χ4n) is 2.26. The van der Waals surface area contributed by atoms with E-state index >= 15 is 0 Å². The van der Waals surface area contributed by atoms with Crippen LogP contribution in [-0.4, -0.2) is 55.6 Å². The maximum absolute atomic E-state index is 11.1. The Balaban J connectivity index is 2.02. The number of hydrogen-bond acceptors (Lipinski definition) is 6. The number of likely N-dealkylation sites (N-methyl/N-ethyl adjacent to an activating group) is 1. The van der Waals surface area contributed by atoms with Gasteiger partial charge in [-0.3, -0.25) is 10.1 Å². The van der Waals surface area contributed by atoms with E-state index in [4.69, 9.17) is 0 Å². The number of rotatable bonds is 6. The lowest BCUT2D eigenvalue weighted by molar-refractivity contribution is -0.383. The summed E-state index contributed by atoms with van der Waals surface area (Å²) in [7, 11) is 5.66. The van der Waals surface area contributed by atoms with Crippen molar-refractivity contribution in [2.24, 2.45) is 0 Å². The third-order valence-corrected chi connectivity index (χ3v) is 3.55. The van der Waals surface area contributed by atoms with E-state index in [0.29, 0.717) is 5.69 Å². The van der Waals surface area contributed by atoms with Gasteiger partial charge in [0, 0.05) is 58.4 Å². The highest BCUT2D eigenvalue weighted by Crippen LogP contribution is 2.28. The van der Waals surface area contributed by atoms with Gasteiger partial charge < -0.3 is 20.0 Å². The molecular formula is C14H21N5O2. The van der Waals surface area contributed by atoms with Gasteiger partial charge in [0.15, 0.2) is 0 Å². The van der Waals surface area contributed by atoms with Crippen LogP contribution >= 0.6 is 0 Å². The van der Waals surface area contributed by atoms with Crippen molar-refractivity contribution >= 4 is 17.1 Å². The van der Waals surface area contributed by atoms with Crippen LogP contribution in [0.5, 0.6) is 0 Å². The van der Waals surface area contributed by atoms with Crippen LogP contribution in [0.15, 0.2) is 30.6 Å². The number of nitrogens with one attached hydrogen (secondary N) is 1. The molecule has 0 amide bonds. The zero-order chi connectivity index (χ0) is 15.4. The minimum atomic E-state index is -0.360. The average Bonchev–Trinajstić information content (AvgIpc) is 2.89. The third kappa shape index (κ3) is 3.56. The summed E-state index contributed by atoms with van der Waals surface area (Å²) in [6, 6.07) is 5.25. The predicted octanol–water partition coefficient (Wildman–Crippen LogP) is 1.75. The van der Waals surface area contributed by atoms with Crippen molar-refractivity contribution in [3.8, 4) is 0 Å². The topological polar surface area (TPSA) is 64.9 Å². The van der Waals surface area contributed by atoms with Gasteiger partial charge in [-0.05, 0) is 12.1 Å². The average molecular weight is 291 g/mol. The van der Waals surface area contributed by atoms with E-state index < -0.39 is 0 Å². The van der Waals surface area contributed by atoms with Crippen LogP contribution in [-0.2, 0) is 0 Å². The van der Waals surface area contributed by atoms with E-state index in [0.717, 1.165) is 25.4 Å². The molecule has 2 rings (SSSR count). The molecule has 7 nitrogen and oxygen atoms in total. The predicted molar refractivity (Wildman–Crippen MR) is 84.4 cm³/mol. The second-order valence-electron chi connectivity index (χ2n) is 5.14. The summed E-state index contributed by atoms with van der Waals surface area (Å²) in [5.74, 6) is 0. The van der Waals surface area contributed by atoms with E-state index in [9.17, 15) is 10.1 Å². The molecule has 1 heterocycles. The third-order valence-electron chi connectivity index (χ3n) is 3.55. The molecule has 1 aliphatic rings. The van der Waals surface area contributed by atoms with E-state index in [1.165, 1.54) is 0 Å². The van der Waals surface area contributed by atoms with Crippen molar-refractivity contribution in [2.45, 2.75) is 0 Å². The van der Waals surface area contributed by atoms with Crippen molar-refractivity contribution in [3.05, 3.63) is 40.7 Å². The molecular weight excluding hydrogens is 270 g/mol. The first kappa shape index (κ1) is 15.0. The van der Waals surface area contributed by atoms with E-state index in [1.807, 2.05) is 31.3 Å². The quantitative estimate of drug-likeness (QED) is 0.636. The number of nitrogens with zero attached hydrogens (tertiary/aromatic N) is 4. The van der Waals surface area contributed by atoms with Gasteiger partial charge in [-0.25, -0.2) is 0 Å². The number of nitro groups is 1. The van der Waals surface area contributed by atoms with E-state index in [-0.39, 0.29) is 10.6 Å². The molecule has 0 aromatic heterocycles. The van der Waals surface area contributed by atoms with Gasteiger partial charge in [0.2, 0.25) is 0 Å². The number of nitro benzene ring substituents is 1. The van der Waals surface area contributed by atoms with Gasteiger partial charge >= 0.3 is 0 Å². The molecule has 0 bridgehead atoms. The zero-order valence-electron chi connectivity index (χ0n) is 12.6. The normalized spacial score (nSPS) is 13.7. The molecule has 1 aromatic carbocycles. The smallest absolute Gasteiger partial charge is 0.294 e. The van der Waals surface area contributed by atoms with Gasteiger partial charge in [0.1, 0.15) is 5.69 Å². The van der Waals surface area contributed by atoms with Gasteiger partial charge in [0.25, 0.3) is 5.69 Å². The largest absolute Gasteiger partial charge is 0.383 e. The molecule has 0 unspecified atom stereocenters. The number of anilines is 2. The zero-order valence-corrected chi connectivity index (χ0v) is 12.6. The first-order valence-electron chi connectivity index (χ1n) is 6.81. The maximum atomic E-state index is 11.1. The van der Waals surface area contributed by atoms with Crippen molar-refractivity contribution < 1.29 is 4.92 Å². The van der Waals surface area contributed by atoms with Crippen LogP contribution in [0, 0.1) is 10.1 Å². The van der Waals surface area contributed by atoms with Crippen molar-refractivity contribution in [1.29, 1.82) is 0 Å². The molecule has 1 N–H and O–H groups in total. The first-order chi connectivity index (χ1) is 10.0. The highest BCUT2D eigenvalue weighted by Gasteiger charge is 2.15. The van der Waals surface area contributed by atoms with Gasteiger partial charge in [-0.1, -0.05) is 0 Å². The highest BCUT2D eigenvalue weighted by atomic mass is 16.6. The summed E-state index contributed by atoms with van der Waals surface area (Å²) in [6.07, 6.45) is 4.09. The van der Waals surface area contributed by atoms with Crippen LogP contribution < -0.4 is 10.2 Å². The second-order valence-corrected chi connectivity index (χ2v) is 5.14. The second kappa shape index (κ2) is 6.34. The lowest BCUT2D eigenvalue weighted by atomic mass is 10.2. The summed E-state index contributed by atoms with van der Waals surface area (Å²) in [6.45, 7) is 2.56. The molecule has 0 spiro atoms. The Labute approximate surface area is 124 Å². The molecule has 0 aliphatic carbocycles. The summed E-state index contributed by atoms with van der Waals surface area (Å²) in [5.41, 5.74) is 1.47. The standard InChI is InChI=1S/C14H21N5O2/c1-15-13-5-4-12(10-14(13)19(20)21)17(3)7-9-18-8-6-16(2)11-18/h4-6,8,10,15H,7,9,11H2,1-3H3. The Morgan fingerprint density at radius 1 is 1.43 bits per heavy atom. The van der Waals surface area contributed by atoms with E-state index in [1.54, 1.807) is 19.2 Å². The first-order valence-corrected chi connectivity index (χ1v) is 6.81. The molecule has 0 atom stereocenters. The Kier molecular flexibility index (Phi) is 4.52. The summed E-state index contributed by atoms with van der Waals surface area (Å²) in [4.78, 5) is 17.1. The van der Waals surface area contributed by atoms with Crippen LogP contribution in [0.3, 0.4) is 0 Å². The van der Waals surface area contributed by atoms with Crippen molar-refractivity contribution in [1.82, 2.24) is 9.80 Å². The molecule has 7 heteroatoms. The molecule has 0 saturated carbocycles. The van der Waals surface area contributed by atoms with Crippen molar-refractivity contribution in [2.75, 3.05) is 51.1 Å². The van der Waals surface area contributed by atoms with Crippen LogP contribution in [0.4, 0.5) is 17.1 Å². The minimum Gasteiger partial charge on any atom is -0.383 e. The van der Waals surface area contributed by atoms with Gasteiger partial charge in [0.05, 0.1) is 11.6 Å². The number of hydrogen-bond donors (Lipinski definition) is 1. The molecule has 1 aliphatic heterocycles. The lowest BCUT2D eigenvalue weighted by Crippen LogP contribution is -2.31. The van der Waals surface area contributed by atoms with Crippen LogP contribution in [0.1, 0.15) is 0 Å². The Morgan fingerprint density at radius 2 is 2.19 bits per heavy atom. The fourth-order valence-corrected chi connectivity index (χ4v) is 2.26. The molecule has 0 saturated heterocycles. The Morgan fingerprint density at radius 3 is 2.76 bits per heavy atom. The van der Waals surface area contributed by atoms with Gasteiger partial charge in [-0.15, -0.1) is 0 Å². The monoisotopic (exact) mass is 291 g/mol. The fraction of sp³-hybridized carbons (Fsp3) is 0.429. The Bertz CT molecular complexity index is 546. The highest BCUT2D eigenvalue weighted by molar-refractivity contribution is 5.68. The molecule has 0 radical (unpaired) electrons. The van der Waals surface area contributed by atoms with Crippen molar-refractivity contribution in [3.63, 3.8) is 0 Å². The Hall–Kier alpha value is -2.44. The van der Waals surface area contributed by atoms with Gasteiger partial charge in [-0.2, -0.15) is 0 Å². The summed E-state index contributed by atoms with van der Waals surface area (Å²) >= 11 is 0. The van der Waals surface area contributed by atoms with Crippen LogP contribution in [0.2, 0.25) is 0 Å². The summed E-state index contributed by atoms with van der Waals surface area (Å²) < 4.78 is 0. The number of benzene rings is 1. The summed E-state index contributed by atoms with van der Waals surface area (Å²) in [5, 5.41) is 13.9. The van der Waals surface area contributed by atoms with E-state index in [2.05, 4.69) is 21.3 Å². The lowest BCUT2D eigenvalue weighted by Gasteiger charge is -2.24. The molecule has 114 valence electrons. The SMILES string of the molecule is CNc1ccc(N(C)CCN2C=CN(C)C2)cc1[N+](=O)[O-]. The minimum absolute atomic E-state index is 0.0997. The molecule has 1 aromatic rings.